The van der Waals surface area contributed by atoms with Crippen LogP contribution in [0, 0.1) is 0 Å². The average Bonchev–Trinajstić information content (AvgIpc) is 3.26. The molecule has 3 N–H and O–H groups in total. The monoisotopic (exact) mass is 525 g/mol. The van der Waals surface area contributed by atoms with E-state index in [0.29, 0.717) is 38.1 Å². The summed E-state index contributed by atoms with van der Waals surface area (Å²) in [6.07, 6.45) is -1.41. The molecule has 10 nitrogen and oxygen atoms in total. The fourth-order valence-electron chi connectivity index (χ4n) is 3.71. The zero-order valence-electron chi connectivity index (χ0n) is 19.6. The number of aromatic nitrogens is 4. The van der Waals surface area contributed by atoms with Crippen LogP contribution in [0.4, 0.5) is 24.8 Å². The molecule has 0 spiro atoms. The maximum atomic E-state index is 13.6. The Balaban J connectivity index is 1.59. The summed E-state index contributed by atoms with van der Waals surface area (Å²) in [7, 11) is -3.64. The van der Waals surface area contributed by atoms with Crippen LogP contribution in [0.3, 0.4) is 0 Å². The number of rotatable bonds is 7. The summed E-state index contributed by atoms with van der Waals surface area (Å²) < 4.78 is 69.3. The van der Waals surface area contributed by atoms with Crippen LogP contribution in [-0.2, 0) is 22.7 Å². The number of halogens is 3. The highest BCUT2D eigenvalue weighted by Crippen LogP contribution is 2.36. The van der Waals surface area contributed by atoms with Gasteiger partial charge in [0.1, 0.15) is 5.56 Å². The minimum Gasteiger partial charge on any atom is -0.389 e. The Kier molecular flexibility index (Phi) is 7.05. The van der Waals surface area contributed by atoms with Crippen molar-refractivity contribution in [2.75, 3.05) is 31.5 Å². The van der Waals surface area contributed by atoms with Gasteiger partial charge in [-0.25, -0.2) is 18.4 Å². The van der Waals surface area contributed by atoms with E-state index >= 15 is 0 Å². The fourth-order valence-corrected chi connectivity index (χ4v) is 5.15. The summed E-state index contributed by atoms with van der Waals surface area (Å²) in [4.78, 5) is 7.98. The number of nitrogens with one attached hydrogen (secondary N) is 2. The van der Waals surface area contributed by atoms with Crippen LogP contribution >= 0.6 is 0 Å². The number of nitrogens with zero attached hydrogens (tertiary/aromatic N) is 5. The van der Waals surface area contributed by atoms with E-state index in [1.807, 2.05) is 0 Å². The Morgan fingerprint density at radius 2 is 1.78 bits per heavy atom. The summed E-state index contributed by atoms with van der Waals surface area (Å²) in [6.45, 7) is 5.08. The molecule has 0 atom stereocenters. The van der Waals surface area contributed by atoms with Crippen LogP contribution in [-0.4, -0.2) is 69.4 Å². The molecule has 0 radical (unpaired) electrons. The van der Waals surface area contributed by atoms with E-state index in [1.54, 1.807) is 13.8 Å². The lowest BCUT2D eigenvalue weighted by atomic mass is 10.1. The third kappa shape index (κ3) is 6.00. The molecule has 3 heterocycles. The van der Waals surface area contributed by atoms with Crippen molar-refractivity contribution < 1.29 is 26.7 Å². The summed E-state index contributed by atoms with van der Waals surface area (Å²) >= 11 is 0. The zero-order chi connectivity index (χ0) is 26.1. The molecule has 14 heteroatoms. The van der Waals surface area contributed by atoms with Crippen LogP contribution in [0.5, 0.6) is 0 Å². The van der Waals surface area contributed by atoms with Crippen molar-refractivity contribution in [3.8, 4) is 11.3 Å². The molecule has 1 aromatic carbocycles. The van der Waals surface area contributed by atoms with Gasteiger partial charge in [-0.3, -0.25) is 4.68 Å². The molecule has 0 aliphatic carbocycles. The molecule has 194 valence electrons. The second kappa shape index (κ2) is 9.76. The Hall–Kier alpha value is -3.07. The van der Waals surface area contributed by atoms with Crippen molar-refractivity contribution in [1.82, 2.24) is 29.4 Å². The third-order valence-corrected chi connectivity index (χ3v) is 7.29. The molecule has 1 saturated heterocycles. The van der Waals surface area contributed by atoms with Crippen molar-refractivity contribution >= 4 is 21.7 Å². The van der Waals surface area contributed by atoms with Gasteiger partial charge in [0.05, 0.1) is 28.9 Å². The maximum absolute atomic E-state index is 13.6. The number of alkyl halides is 3. The normalized spacial score (nSPS) is 15.7. The number of aliphatic hydroxyl groups is 1. The Bertz CT molecular complexity index is 1310. The number of anilines is 2. The SMILES string of the molecule is CC(C)(O)Cn1cc(-c2nc(Nc3ccc(S(=O)(=O)N4CCNCC4)cc3)ncc2C(F)(F)F)cn1. The summed E-state index contributed by atoms with van der Waals surface area (Å²) in [5, 5.41) is 19.9. The maximum Gasteiger partial charge on any atom is 0.419 e. The predicted octanol–water partition coefficient (Wildman–Crippen LogP) is 2.47. The van der Waals surface area contributed by atoms with Crippen molar-refractivity contribution in [1.29, 1.82) is 0 Å². The third-order valence-electron chi connectivity index (χ3n) is 5.37. The van der Waals surface area contributed by atoms with Crippen LogP contribution in [0.25, 0.3) is 11.3 Å². The minimum absolute atomic E-state index is 0.0771. The first-order valence-corrected chi connectivity index (χ1v) is 12.5. The van der Waals surface area contributed by atoms with Crippen LogP contribution in [0.2, 0.25) is 0 Å². The van der Waals surface area contributed by atoms with Crippen molar-refractivity contribution in [3.05, 3.63) is 48.4 Å². The zero-order valence-corrected chi connectivity index (χ0v) is 20.4. The largest absolute Gasteiger partial charge is 0.419 e. The van der Waals surface area contributed by atoms with E-state index in [-0.39, 0.29) is 28.6 Å². The molecule has 0 bridgehead atoms. The van der Waals surface area contributed by atoms with E-state index < -0.39 is 27.4 Å². The molecule has 0 amide bonds. The van der Waals surface area contributed by atoms with Gasteiger partial charge in [0.15, 0.2) is 0 Å². The quantitative estimate of drug-likeness (QED) is 0.430. The van der Waals surface area contributed by atoms with Gasteiger partial charge in [-0.05, 0) is 38.1 Å². The summed E-state index contributed by atoms with van der Waals surface area (Å²) in [6, 6.07) is 5.84. The molecule has 1 aliphatic rings. The van der Waals surface area contributed by atoms with E-state index in [0.717, 1.165) is 0 Å². The second-order valence-electron chi connectivity index (χ2n) is 9.00. The lowest BCUT2D eigenvalue weighted by Crippen LogP contribution is -2.46. The lowest BCUT2D eigenvalue weighted by Gasteiger charge is -2.26. The molecule has 4 rings (SSSR count). The average molecular weight is 526 g/mol. The van der Waals surface area contributed by atoms with E-state index in [9.17, 15) is 26.7 Å². The number of benzene rings is 1. The van der Waals surface area contributed by atoms with Gasteiger partial charge < -0.3 is 15.7 Å². The molecule has 1 fully saturated rings. The van der Waals surface area contributed by atoms with E-state index in [4.69, 9.17) is 0 Å². The fraction of sp³-hybridized carbons (Fsp3) is 0.409. The lowest BCUT2D eigenvalue weighted by molar-refractivity contribution is -0.137. The van der Waals surface area contributed by atoms with E-state index in [2.05, 4.69) is 25.7 Å². The van der Waals surface area contributed by atoms with Crippen LogP contribution in [0.15, 0.2) is 47.8 Å². The van der Waals surface area contributed by atoms with E-state index in [1.165, 1.54) is 45.6 Å². The number of hydrogen-bond donors (Lipinski definition) is 3. The predicted molar refractivity (Wildman–Crippen MR) is 126 cm³/mol. The minimum atomic E-state index is -4.70. The van der Waals surface area contributed by atoms with Gasteiger partial charge in [-0.1, -0.05) is 0 Å². The molecule has 2 aromatic heterocycles. The van der Waals surface area contributed by atoms with Gasteiger partial charge in [0.25, 0.3) is 0 Å². The van der Waals surface area contributed by atoms with Gasteiger partial charge in [0.2, 0.25) is 16.0 Å². The molecule has 3 aromatic rings. The van der Waals surface area contributed by atoms with Crippen molar-refractivity contribution in [2.45, 2.75) is 37.1 Å². The summed E-state index contributed by atoms with van der Waals surface area (Å²) in [5.74, 6) is -0.106. The summed E-state index contributed by atoms with van der Waals surface area (Å²) in [5.41, 5.74) is -2.01. The molecule has 36 heavy (non-hydrogen) atoms. The van der Waals surface area contributed by atoms with Gasteiger partial charge in [-0.15, -0.1) is 0 Å². The smallest absolute Gasteiger partial charge is 0.389 e. The highest BCUT2D eigenvalue weighted by Gasteiger charge is 2.36. The standard InChI is InChI=1S/C22H26F3N7O3S/c1-21(2,33)14-31-13-15(11-28-31)19-18(22(23,24)25)12-27-20(30-19)29-16-3-5-17(6-4-16)36(34,35)32-9-7-26-8-10-32/h3-6,11-13,26,33H,7-10,14H2,1-2H3,(H,27,29,30). The second-order valence-corrected chi connectivity index (χ2v) is 10.9. The molecular formula is C22H26F3N7O3S. The highest BCUT2D eigenvalue weighted by molar-refractivity contribution is 7.89. The molecule has 0 saturated carbocycles. The Morgan fingerprint density at radius 3 is 2.39 bits per heavy atom. The molecular weight excluding hydrogens is 499 g/mol. The van der Waals surface area contributed by atoms with Crippen molar-refractivity contribution in [2.24, 2.45) is 0 Å². The van der Waals surface area contributed by atoms with Crippen molar-refractivity contribution in [3.63, 3.8) is 0 Å². The number of hydrogen-bond acceptors (Lipinski definition) is 8. The van der Waals surface area contributed by atoms with Gasteiger partial charge >= 0.3 is 6.18 Å². The van der Waals surface area contributed by atoms with Gasteiger partial charge in [-0.2, -0.15) is 22.6 Å². The number of piperazine rings is 1. The first-order chi connectivity index (χ1) is 16.8. The first-order valence-electron chi connectivity index (χ1n) is 11.1. The van der Waals surface area contributed by atoms with Crippen LogP contribution in [0.1, 0.15) is 19.4 Å². The topological polar surface area (TPSA) is 125 Å². The van der Waals surface area contributed by atoms with Gasteiger partial charge in [0, 0.05) is 49.8 Å². The first kappa shape index (κ1) is 26.0. The Labute approximate surface area is 206 Å². The Morgan fingerprint density at radius 1 is 1.11 bits per heavy atom. The molecule has 1 aliphatic heterocycles. The highest BCUT2D eigenvalue weighted by atomic mass is 32.2. The van der Waals surface area contributed by atoms with Crippen LogP contribution < -0.4 is 10.6 Å². The number of sulfonamides is 1. The molecule has 0 unspecified atom stereocenters.